The normalized spacial score (nSPS) is 12.7. The molecule has 416 valence electrons. The second-order valence-corrected chi connectivity index (χ2v) is 24.3. The average Bonchev–Trinajstić information content (AvgIpc) is 3.34. The minimum absolute atomic E-state index is 0. The zero-order valence-electron chi connectivity index (χ0n) is 46.2. The molecular weight excluding hydrogens is 1050 g/mol. The van der Waals surface area contributed by atoms with Crippen molar-refractivity contribution < 1.29 is 65.1 Å². The third-order valence-electron chi connectivity index (χ3n) is 13.0. The average molecular weight is 1150 g/mol. The Hall–Kier alpha value is -1.73. The van der Waals surface area contributed by atoms with Gasteiger partial charge in [-0.1, -0.05) is 304 Å². The van der Waals surface area contributed by atoms with E-state index in [0.29, 0.717) is 36.0 Å². The van der Waals surface area contributed by atoms with Crippen LogP contribution in [0.15, 0.2) is 91.0 Å². The first kappa shape index (κ1) is 73.3. The van der Waals surface area contributed by atoms with E-state index in [2.05, 4.69) is 20.8 Å². The van der Waals surface area contributed by atoms with Crippen molar-refractivity contribution in [1.82, 2.24) is 0 Å². The summed E-state index contributed by atoms with van der Waals surface area (Å²) in [5.74, 6) is 0. The Morgan fingerprint density at radius 1 is 0.315 bits per heavy atom. The van der Waals surface area contributed by atoms with E-state index in [0.717, 1.165) is 57.8 Å². The molecular formula is C60H100O9S3Zr. The third-order valence-corrected chi connectivity index (χ3v) is 16.6. The van der Waals surface area contributed by atoms with Gasteiger partial charge in [0.2, 0.25) is 0 Å². The SMILES string of the molecule is CCCCCCCCCCCCC(c1ccccc1)S(=O)(=O)[O-].CCCCCCCCCCCCC(c1ccccc1)S(=O)(=O)[O-].CCCCCCCCCCCCC(c1ccccc1)S(=O)(=O)[O-].C[CH-]C.[Zr+4]. The van der Waals surface area contributed by atoms with Crippen molar-refractivity contribution in [3.63, 3.8) is 0 Å². The molecule has 3 atom stereocenters. The summed E-state index contributed by atoms with van der Waals surface area (Å²) in [5.41, 5.74) is 1.87. The molecule has 0 aliphatic heterocycles. The molecule has 0 saturated heterocycles. The summed E-state index contributed by atoms with van der Waals surface area (Å²) in [7, 11) is -12.8. The van der Waals surface area contributed by atoms with E-state index in [1.54, 1.807) is 72.8 Å². The van der Waals surface area contributed by atoms with Crippen molar-refractivity contribution in [2.75, 3.05) is 0 Å². The first-order valence-electron chi connectivity index (χ1n) is 28.3. The van der Waals surface area contributed by atoms with Gasteiger partial charge in [-0.3, -0.25) is 0 Å². The van der Waals surface area contributed by atoms with Gasteiger partial charge in [-0.15, -0.1) is 0 Å². The van der Waals surface area contributed by atoms with Gasteiger partial charge in [0, 0.05) is 0 Å². The summed E-state index contributed by atoms with van der Waals surface area (Å²) in [5, 5.41) is -2.67. The van der Waals surface area contributed by atoms with Crippen molar-refractivity contribution in [1.29, 1.82) is 0 Å². The first-order valence-corrected chi connectivity index (χ1v) is 32.7. The van der Waals surface area contributed by atoms with Gasteiger partial charge in [-0.2, -0.15) is 13.8 Å². The van der Waals surface area contributed by atoms with Crippen LogP contribution in [-0.4, -0.2) is 38.9 Å². The Labute approximate surface area is 468 Å². The monoisotopic (exact) mass is 1150 g/mol. The Morgan fingerprint density at radius 2 is 0.466 bits per heavy atom. The van der Waals surface area contributed by atoms with E-state index in [1.807, 2.05) is 38.5 Å². The molecule has 73 heavy (non-hydrogen) atoms. The number of rotatable bonds is 39. The zero-order chi connectivity index (χ0) is 53.6. The maximum absolute atomic E-state index is 11.5. The van der Waals surface area contributed by atoms with Crippen LogP contribution in [0, 0.1) is 6.42 Å². The quantitative estimate of drug-likeness (QED) is 0.0306. The molecule has 3 aromatic rings. The molecule has 3 rings (SSSR count). The van der Waals surface area contributed by atoms with Crippen molar-refractivity contribution in [3.05, 3.63) is 114 Å². The molecule has 3 aromatic carbocycles. The number of hydrogen-bond donors (Lipinski definition) is 0. The van der Waals surface area contributed by atoms with E-state index >= 15 is 0 Å². The van der Waals surface area contributed by atoms with Crippen molar-refractivity contribution in [3.8, 4) is 0 Å². The van der Waals surface area contributed by atoms with Crippen LogP contribution in [0.25, 0.3) is 0 Å². The Balaban J connectivity index is 0. The van der Waals surface area contributed by atoms with E-state index in [9.17, 15) is 38.9 Å². The number of unbranched alkanes of at least 4 members (excludes halogenated alkanes) is 27. The third kappa shape index (κ3) is 42.0. The van der Waals surface area contributed by atoms with E-state index in [4.69, 9.17) is 0 Å². The van der Waals surface area contributed by atoms with Crippen LogP contribution < -0.4 is 0 Å². The predicted molar refractivity (Wildman–Crippen MR) is 302 cm³/mol. The molecule has 0 N–H and O–H groups in total. The zero-order valence-corrected chi connectivity index (χ0v) is 51.1. The second kappa shape index (κ2) is 48.6. The van der Waals surface area contributed by atoms with Gasteiger partial charge in [0.25, 0.3) is 0 Å². The van der Waals surface area contributed by atoms with Crippen LogP contribution in [0.2, 0.25) is 0 Å². The molecule has 0 aliphatic carbocycles. The predicted octanol–water partition coefficient (Wildman–Crippen LogP) is 18.0. The van der Waals surface area contributed by atoms with Gasteiger partial charge in [0.15, 0.2) is 0 Å². The maximum atomic E-state index is 11.5. The molecule has 0 bridgehead atoms. The van der Waals surface area contributed by atoms with Gasteiger partial charge < -0.3 is 20.1 Å². The summed E-state index contributed by atoms with van der Waals surface area (Å²) in [6.45, 7) is 10.7. The van der Waals surface area contributed by atoms with E-state index in [-0.39, 0.29) is 26.2 Å². The molecule has 0 saturated carbocycles. The minimum Gasteiger partial charge on any atom is -0.747 e. The summed E-state index contributed by atoms with van der Waals surface area (Å²) in [6.07, 6.45) is 39.4. The fourth-order valence-electron chi connectivity index (χ4n) is 8.89. The molecule has 0 amide bonds. The fourth-order valence-corrected chi connectivity index (χ4v) is 11.7. The summed E-state index contributed by atoms with van der Waals surface area (Å²) >= 11 is 0. The van der Waals surface area contributed by atoms with Gasteiger partial charge in [0.05, 0.1) is 15.7 Å². The van der Waals surface area contributed by atoms with Crippen LogP contribution in [0.1, 0.15) is 279 Å². The maximum Gasteiger partial charge on any atom is 4.00 e. The Kier molecular flexibility index (Phi) is 48.9. The van der Waals surface area contributed by atoms with E-state index in [1.165, 1.54) is 135 Å². The molecule has 0 fully saturated rings. The Morgan fingerprint density at radius 3 is 0.616 bits per heavy atom. The topological polar surface area (TPSA) is 172 Å². The van der Waals surface area contributed by atoms with Crippen LogP contribution in [0.3, 0.4) is 0 Å². The van der Waals surface area contributed by atoms with E-state index < -0.39 is 46.1 Å². The van der Waals surface area contributed by atoms with Crippen LogP contribution in [-0.2, 0) is 56.6 Å². The molecule has 0 spiro atoms. The molecule has 0 radical (unpaired) electrons. The van der Waals surface area contributed by atoms with Crippen LogP contribution >= 0.6 is 0 Å². The van der Waals surface area contributed by atoms with Gasteiger partial charge >= 0.3 is 26.2 Å². The van der Waals surface area contributed by atoms with Crippen molar-refractivity contribution in [2.24, 2.45) is 0 Å². The second-order valence-electron chi connectivity index (χ2n) is 19.7. The first-order chi connectivity index (χ1) is 34.6. The van der Waals surface area contributed by atoms with Crippen LogP contribution in [0.5, 0.6) is 0 Å². The van der Waals surface area contributed by atoms with Gasteiger partial charge in [-0.05, 0) is 36.0 Å². The number of hydrogen-bond acceptors (Lipinski definition) is 9. The smallest absolute Gasteiger partial charge is 0.747 e. The minimum atomic E-state index is -4.28. The standard InChI is InChI=1S/3C19H32O3S.C3H7.Zr/c3*1-2-3-4-5-6-7-8-9-10-14-17-19(23(20,21)22)18-15-12-11-13-16-18;1-3-2;/h3*11-13,15-16,19H,2-10,14,17H2,1H3,(H,20,21,22);3H,1-2H3;/q;;;-1;+4/p-3. The molecule has 3 unspecified atom stereocenters. The molecule has 13 heteroatoms. The molecule has 0 aliphatic rings. The molecule has 9 nitrogen and oxygen atoms in total. The molecule has 0 heterocycles. The molecule has 0 aromatic heterocycles. The number of benzene rings is 3. The largest absolute Gasteiger partial charge is 4.00 e. The van der Waals surface area contributed by atoms with Gasteiger partial charge in [0.1, 0.15) is 30.4 Å². The fraction of sp³-hybridized carbons (Fsp3) is 0.683. The van der Waals surface area contributed by atoms with Crippen molar-refractivity contribution in [2.45, 2.75) is 262 Å². The van der Waals surface area contributed by atoms with Crippen molar-refractivity contribution >= 4 is 30.4 Å². The Bertz CT molecular complexity index is 1740. The summed E-state index contributed by atoms with van der Waals surface area (Å²) in [4.78, 5) is 0. The summed E-state index contributed by atoms with van der Waals surface area (Å²) in [6, 6.07) is 26.6. The summed E-state index contributed by atoms with van der Waals surface area (Å²) < 4.78 is 103. The van der Waals surface area contributed by atoms with Gasteiger partial charge in [-0.25, -0.2) is 25.3 Å². The van der Waals surface area contributed by atoms with Crippen LogP contribution in [0.4, 0.5) is 0 Å².